The van der Waals surface area contributed by atoms with Gasteiger partial charge in [-0.15, -0.1) is 0 Å². The van der Waals surface area contributed by atoms with Crippen LogP contribution in [0.5, 0.6) is 11.5 Å². The van der Waals surface area contributed by atoms with Crippen LogP contribution in [0.3, 0.4) is 0 Å². The highest BCUT2D eigenvalue weighted by atomic mass is 35.5. The van der Waals surface area contributed by atoms with Crippen molar-refractivity contribution in [1.29, 1.82) is 0 Å². The van der Waals surface area contributed by atoms with Crippen LogP contribution in [0.25, 0.3) is 0 Å². The number of nitro groups is 1. The summed E-state index contributed by atoms with van der Waals surface area (Å²) in [5.74, 6) is 0.964. The number of sulfonamides is 1. The van der Waals surface area contributed by atoms with Gasteiger partial charge in [0.1, 0.15) is 11.5 Å². The van der Waals surface area contributed by atoms with Crippen LogP contribution in [0.1, 0.15) is 0 Å². The third kappa shape index (κ3) is 4.50. The van der Waals surface area contributed by atoms with Crippen LogP contribution in [0.2, 0.25) is 10.0 Å². The van der Waals surface area contributed by atoms with E-state index in [0.717, 1.165) is 12.1 Å². The largest absolute Gasteiger partial charge is 0.456 e. The first-order chi connectivity index (χ1) is 13.3. The Morgan fingerprint density at radius 3 is 2.39 bits per heavy atom. The first kappa shape index (κ1) is 19.9. The van der Waals surface area contributed by atoms with Crippen molar-refractivity contribution in [2.24, 2.45) is 0 Å². The van der Waals surface area contributed by atoms with Crippen molar-refractivity contribution in [3.05, 3.63) is 81.1 Å². The molecule has 3 aromatic rings. The monoisotopic (exact) mass is 439 g/mol. The van der Waals surface area contributed by atoms with E-state index in [-0.39, 0.29) is 15.7 Å². The lowest BCUT2D eigenvalue weighted by molar-refractivity contribution is -0.387. The van der Waals surface area contributed by atoms with Crippen molar-refractivity contribution in [2.75, 3.05) is 4.72 Å². The number of nitrogens with one attached hydrogen (secondary N) is 1. The van der Waals surface area contributed by atoms with E-state index in [1.165, 1.54) is 30.5 Å². The lowest BCUT2D eigenvalue weighted by Crippen LogP contribution is -2.15. The van der Waals surface area contributed by atoms with Gasteiger partial charge in [0, 0.05) is 23.0 Å². The topological polar surface area (TPSA) is 111 Å². The smallest absolute Gasteiger partial charge is 0.292 e. The van der Waals surface area contributed by atoms with Crippen molar-refractivity contribution >= 4 is 44.6 Å². The number of rotatable bonds is 6. The van der Waals surface area contributed by atoms with Gasteiger partial charge in [-0.1, -0.05) is 23.2 Å². The van der Waals surface area contributed by atoms with Gasteiger partial charge in [0.2, 0.25) is 0 Å². The summed E-state index contributed by atoms with van der Waals surface area (Å²) in [6, 6.07) is 11.4. The summed E-state index contributed by atoms with van der Waals surface area (Å²) in [4.78, 5) is 13.6. The first-order valence-corrected chi connectivity index (χ1v) is 9.84. The molecule has 0 fully saturated rings. The number of ether oxygens (including phenoxy) is 1. The summed E-state index contributed by atoms with van der Waals surface area (Å²) in [6.07, 6.45) is 3.13. The molecule has 0 aliphatic heterocycles. The maximum Gasteiger partial charge on any atom is 0.292 e. The highest BCUT2D eigenvalue weighted by molar-refractivity contribution is 7.93. The Morgan fingerprint density at radius 2 is 1.79 bits per heavy atom. The molecule has 8 nitrogen and oxygen atoms in total. The first-order valence-electron chi connectivity index (χ1n) is 7.60. The summed E-state index contributed by atoms with van der Waals surface area (Å²) >= 11 is 11.6. The van der Waals surface area contributed by atoms with Crippen LogP contribution in [-0.2, 0) is 10.0 Å². The Hall–Kier alpha value is -2.88. The summed E-state index contributed by atoms with van der Waals surface area (Å²) in [5, 5.41) is 10.8. The van der Waals surface area contributed by atoms with E-state index in [0.29, 0.717) is 11.5 Å². The molecule has 0 atom stereocenters. The Bertz CT molecular complexity index is 1120. The molecular weight excluding hydrogens is 429 g/mol. The molecule has 0 amide bonds. The third-order valence-corrected chi connectivity index (χ3v) is 5.53. The number of halogens is 2. The van der Waals surface area contributed by atoms with Gasteiger partial charge in [-0.2, -0.15) is 0 Å². The normalized spacial score (nSPS) is 11.1. The van der Waals surface area contributed by atoms with Gasteiger partial charge in [0.15, 0.2) is 4.90 Å². The second kappa shape index (κ2) is 8.01. The molecule has 2 aromatic carbocycles. The fraction of sp³-hybridized carbons (Fsp3) is 0. The van der Waals surface area contributed by atoms with E-state index in [1.54, 1.807) is 18.3 Å². The lowest BCUT2D eigenvalue weighted by atomic mass is 10.3. The molecule has 11 heteroatoms. The zero-order chi connectivity index (χ0) is 20.3. The predicted octanol–water partition coefficient (Wildman–Crippen LogP) is 4.89. The minimum atomic E-state index is -4.34. The third-order valence-electron chi connectivity index (χ3n) is 3.43. The molecule has 0 spiro atoms. The molecule has 0 saturated heterocycles. The lowest BCUT2D eigenvalue weighted by Gasteiger charge is -2.11. The Kier molecular flexibility index (Phi) is 5.68. The number of pyridine rings is 1. The molecule has 0 aliphatic rings. The van der Waals surface area contributed by atoms with E-state index in [9.17, 15) is 18.5 Å². The van der Waals surface area contributed by atoms with Crippen LogP contribution in [0.4, 0.5) is 11.4 Å². The summed E-state index contributed by atoms with van der Waals surface area (Å²) in [5.41, 5.74) is -0.555. The number of anilines is 1. The van der Waals surface area contributed by atoms with Gasteiger partial charge < -0.3 is 4.74 Å². The van der Waals surface area contributed by atoms with E-state index in [4.69, 9.17) is 27.9 Å². The Labute approximate surface area is 169 Å². The summed E-state index contributed by atoms with van der Waals surface area (Å²) < 4.78 is 33.1. The SMILES string of the molecule is O=[N+]([O-])c1cc(Cl)cc(Cl)c1S(=O)(=O)Nc1ccc(Oc2cccnc2)cc1. The number of hydrogen-bond acceptors (Lipinski definition) is 6. The van der Waals surface area contributed by atoms with Gasteiger partial charge in [0.25, 0.3) is 15.7 Å². The zero-order valence-corrected chi connectivity index (χ0v) is 16.2. The van der Waals surface area contributed by atoms with E-state index in [2.05, 4.69) is 9.71 Å². The fourth-order valence-electron chi connectivity index (χ4n) is 2.29. The number of aromatic nitrogens is 1. The van der Waals surface area contributed by atoms with Crippen LogP contribution in [-0.4, -0.2) is 18.3 Å². The molecule has 0 bridgehead atoms. The number of benzene rings is 2. The van der Waals surface area contributed by atoms with Crippen molar-refractivity contribution in [2.45, 2.75) is 4.90 Å². The van der Waals surface area contributed by atoms with Gasteiger partial charge in [-0.05, 0) is 42.5 Å². The Morgan fingerprint density at radius 1 is 1.07 bits per heavy atom. The molecule has 0 unspecified atom stereocenters. The molecular formula is C17H11Cl2N3O5S. The molecule has 144 valence electrons. The molecule has 1 aromatic heterocycles. The quantitative estimate of drug-likeness (QED) is 0.432. The molecule has 28 heavy (non-hydrogen) atoms. The summed E-state index contributed by atoms with van der Waals surface area (Å²) in [6.45, 7) is 0. The van der Waals surface area contributed by atoms with Crippen molar-refractivity contribution in [3.63, 3.8) is 0 Å². The van der Waals surface area contributed by atoms with Crippen molar-refractivity contribution < 1.29 is 18.1 Å². The minimum absolute atomic E-state index is 0.0486. The van der Waals surface area contributed by atoms with Crippen molar-refractivity contribution in [3.8, 4) is 11.5 Å². The van der Waals surface area contributed by atoms with Crippen LogP contribution in [0, 0.1) is 10.1 Å². The van der Waals surface area contributed by atoms with Gasteiger partial charge in [0.05, 0.1) is 16.1 Å². The molecule has 0 radical (unpaired) electrons. The number of nitro benzene ring substituents is 1. The average molecular weight is 440 g/mol. The van der Waals surface area contributed by atoms with Crippen molar-refractivity contribution in [1.82, 2.24) is 4.98 Å². The molecule has 1 N–H and O–H groups in total. The standard InChI is InChI=1S/C17H11Cl2N3O5S/c18-11-8-15(19)17(16(9-11)22(23)24)28(25,26)21-12-3-5-13(6-4-12)27-14-2-1-7-20-10-14/h1-10,21H. The van der Waals surface area contributed by atoms with Gasteiger partial charge in [-0.3, -0.25) is 19.8 Å². The molecule has 0 saturated carbocycles. The number of hydrogen-bond donors (Lipinski definition) is 1. The molecule has 3 rings (SSSR count). The minimum Gasteiger partial charge on any atom is -0.456 e. The second-order valence-corrected chi connectivity index (χ2v) is 7.88. The Balaban J connectivity index is 1.86. The highest BCUT2D eigenvalue weighted by Crippen LogP contribution is 2.35. The van der Waals surface area contributed by atoms with Gasteiger partial charge in [-0.25, -0.2) is 8.42 Å². The second-order valence-electron chi connectivity index (χ2n) is 5.41. The van der Waals surface area contributed by atoms with E-state index >= 15 is 0 Å². The molecule has 0 aliphatic carbocycles. The fourth-order valence-corrected chi connectivity index (χ4v) is 4.35. The van der Waals surface area contributed by atoms with Gasteiger partial charge >= 0.3 is 0 Å². The predicted molar refractivity (Wildman–Crippen MR) is 105 cm³/mol. The van der Waals surface area contributed by atoms with Crippen LogP contribution in [0.15, 0.2) is 65.8 Å². The average Bonchev–Trinajstić information content (AvgIpc) is 2.63. The highest BCUT2D eigenvalue weighted by Gasteiger charge is 2.30. The van der Waals surface area contributed by atoms with Crippen LogP contribution < -0.4 is 9.46 Å². The number of nitrogens with zero attached hydrogens (tertiary/aromatic N) is 2. The molecule has 1 heterocycles. The zero-order valence-electron chi connectivity index (χ0n) is 13.9. The van der Waals surface area contributed by atoms with E-state index < -0.39 is 25.5 Å². The maximum atomic E-state index is 12.7. The summed E-state index contributed by atoms with van der Waals surface area (Å²) in [7, 11) is -4.34. The maximum absolute atomic E-state index is 12.7. The van der Waals surface area contributed by atoms with E-state index in [1.807, 2.05) is 0 Å². The van der Waals surface area contributed by atoms with Crippen LogP contribution >= 0.6 is 23.2 Å².